The van der Waals surface area contributed by atoms with Gasteiger partial charge in [0.05, 0.1) is 33.0 Å². The molecular formula is C13H30O3. The first-order valence-electron chi connectivity index (χ1n) is 5.12. The van der Waals surface area contributed by atoms with Crippen LogP contribution in [0.3, 0.4) is 0 Å². The Balaban J connectivity index is 0. The number of hydrogen-bond donors (Lipinski definition) is 0. The van der Waals surface area contributed by atoms with Crippen LogP contribution in [0.15, 0.2) is 0 Å². The summed E-state index contributed by atoms with van der Waals surface area (Å²) < 4.78 is 14.9. The van der Waals surface area contributed by atoms with Gasteiger partial charge >= 0.3 is 0 Å². The van der Waals surface area contributed by atoms with E-state index in [1.54, 1.807) is 7.11 Å². The molecule has 0 aromatic rings. The molecule has 2 heterocycles. The minimum atomic E-state index is 0. The van der Waals surface area contributed by atoms with Crippen LogP contribution in [0, 0.1) is 10.8 Å². The molecule has 0 bridgehead atoms. The number of ether oxygens (including phenoxy) is 3. The van der Waals surface area contributed by atoms with Crippen molar-refractivity contribution in [2.45, 2.75) is 35.6 Å². The molecule has 0 aromatic carbocycles. The molecule has 0 amide bonds. The molecule has 2 saturated heterocycles. The van der Waals surface area contributed by atoms with E-state index in [1.165, 1.54) is 0 Å². The van der Waals surface area contributed by atoms with Gasteiger partial charge in [-0.15, -0.1) is 0 Å². The third-order valence-electron chi connectivity index (χ3n) is 2.38. The van der Waals surface area contributed by atoms with Crippen molar-refractivity contribution in [3.05, 3.63) is 0 Å². The van der Waals surface area contributed by atoms with Crippen LogP contribution >= 0.6 is 0 Å². The SMILES string of the molecule is C.C.CC1(C)COC1.COCC1(C)COC1. The van der Waals surface area contributed by atoms with Gasteiger partial charge in [0.2, 0.25) is 0 Å². The van der Waals surface area contributed by atoms with Crippen molar-refractivity contribution in [3.8, 4) is 0 Å². The number of hydrogen-bond acceptors (Lipinski definition) is 3. The van der Waals surface area contributed by atoms with Gasteiger partial charge in [-0.25, -0.2) is 0 Å². The van der Waals surface area contributed by atoms with E-state index in [9.17, 15) is 0 Å². The van der Waals surface area contributed by atoms with Gasteiger partial charge in [-0.2, -0.15) is 0 Å². The van der Waals surface area contributed by atoms with E-state index in [0.29, 0.717) is 10.8 Å². The molecule has 100 valence electrons. The first kappa shape index (κ1) is 18.3. The van der Waals surface area contributed by atoms with E-state index in [4.69, 9.17) is 14.2 Å². The minimum absolute atomic E-state index is 0. The highest BCUT2D eigenvalue weighted by atomic mass is 16.5. The number of rotatable bonds is 2. The van der Waals surface area contributed by atoms with E-state index in [2.05, 4.69) is 20.8 Å². The molecule has 0 spiro atoms. The Labute approximate surface area is 101 Å². The second-order valence-corrected chi connectivity index (χ2v) is 5.39. The first-order chi connectivity index (χ1) is 6.47. The summed E-state index contributed by atoms with van der Waals surface area (Å²) in [5, 5.41) is 0. The van der Waals surface area contributed by atoms with Crippen LogP contribution in [0.4, 0.5) is 0 Å². The highest BCUT2D eigenvalue weighted by Gasteiger charge is 2.32. The van der Waals surface area contributed by atoms with Crippen LogP contribution < -0.4 is 0 Å². The summed E-state index contributed by atoms with van der Waals surface area (Å²) >= 11 is 0. The van der Waals surface area contributed by atoms with Gasteiger partial charge in [-0.1, -0.05) is 35.6 Å². The molecule has 2 aliphatic heterocycles. The monoisotopic (exact) mass is 234 g/mol. The fraction of sp³-hybridized carbons (Fsp3) is 1.00. The summed E-state index contributed by atoms with van der Waals surface area (Å²) in [6.45, 7) is 11.0. The largest absolute Gasteiger partial charge is 0.384 e. The average molecular weight is 234 g/mol. The van der Waals surface area contributed by atoms with Crippen LogP contribution in [0.5, 0.6) is 0 Å². The molecule has 2 rings (SSSR count). The van der Waals surface area contributed by atoms with Gasteiger partial charge in [-0.3, -0.25) is 0 Å². The molecule has 0 unspecified atom stereocenters. The zero-order valence-corrected chi connectivity index (χ0v) is 9.76. The molecule has 0 saturated carbocycles. The van der Waals surface area contributed by atoms with Crippen LogP contribution in [0.2, 0.25) is 0 Å². The van der Waals surface area contributed by atoms with Crippen molar-refractivity contribution >= 4 is 0 Å². The second kappa shape index (κ2) is 7.25. The standard InChI is InChI=1S/C6H12O2.C5H10O.2CH4/c1-6(3-7-2)4-8-5-6;1-5(2)3-6-4-5;;/h3-5H2,1-2H3;3-4H2,1-2H3;2*1H4. The lowest BCUT2D eigenvalue weighted by molar-refractivity contribution is -0.131. The highest BCUT2D eigenvalue weighted by molar-refractivity contribution is 4.79. The van der Waals surface area contributed by atoms with E-state index < -0.39 is 0 Å². The van der Waals surface area contributed by atoms with Gasteiger partial charge in [0.1, 0.15) is 0 Å². The maximum atomic E-state index is 5.01. The topological polar surface area (TPSA) is 27.7 Å². The third kappa shape index (κ3) is 5.83. The van der Waals surface area contributed by atoms with Crippen LogP contribution in [0.1, 0.15) is 35.6 Å². The Kier molecular flexibility index (Phi) is 8.27. The second-order valence-electron chi connectivity index (χ2n) is 5.39. The van der Waals surface area contributed by atoms with Gasteiger partial charge in [0, 0.05) is 17.9 Å². The zero-order valence-electron chi connectivity index (χ0n) is 9.76. The molecule has 0 aliphatic carbocycles. The Morgan fingerprint density at radius 3 is 1.38 bits per heavy atom. The quantitative estimate of drug-likeness (QED) is 0.735. The van der Waals surface area contributed by atoms with Gasteiger partial charge in [0.25, 0.3) is 0 Å². The van der Waals surface area contributed by atoms with Crippen LogP contribution in [-0.2, 0) is 14.2 Å². The molecule has 16 heavy (non-hydrogen) atoms. The van der Waals surface area contributed by atoms with E-state index in [1.807, 2.05) is 0 Å². The van der Waals surface area contributed by atoms with Crippen LogP contribution in [0.25, 0.3) is 0 Å². The molecule has 3 nitrogen and oxygen atoms in total. The first-order valence-corrected chi connectivity index (χ1v) is 5.12. The van der Waals surface area contributed by atoms with E-state index in [-0.39, 0.29) is 14.9 Å². The predicted molar refractivity (Wildman–Crippen MR) is 68.9 cm³/mol. The summed E-state index contributed by atoms with van der Waals surface area (Å²) in [5.74, 6) is 0. The summed E-state index contributed by atoms with van der Waals surface area (Å²) in [6.07, 6.45) is 0. The Morgan fingerprint density at radius 2 is 1.31 bits per heavy atom. The van der Waals surface area contributed by atoms with Crippen molar-refractivity contribution in [2.75, 3.05) is 40.1 Å². The maximum Gasteiger partial charge on any atom is 0.0564 e. The van der Waals surface area contributed by atoms with Crippen molar-refractivity contribution in [2.24, 2.45) is 10.8 Å². The lowest BCUT2D eigenvalue weighted by atomic mass is 9.90. The average Bonchev–Trinajstić information content (AvgIpc) is 2.01. The summed E-state index contributed by atoms with van der Waals surface area (Å²) in [5.41, 5.74) is 0.828. The minimum Gasteiger partial charge on any atom is -0.384 e. The lowest BCUT2D eigenvalue weighted by Crippen LogP contribution is -2.43. The summed E-state index contributed by atoms with van der Waals surface area (Å²) in [7, 11) is 1.73. The molecule has 0 aromatic heterocycles. The summed E-state index contributed by atoms with van der Waals surface area (Å²) in [6, 6.07) is 0. The normalized spacial score (nSPS) is 23.2. The predicted octanol–water partition coefficient (Wildman–Crippen LogP) is 2.98. The van der Waals surface area contributed by atoms with E-state index in [0.717, 1.165) is 33.0 Å². The fourth-order valence-corrected chi connectivity index (χ4v) is 1.39. The number of methoxy groups -OCH3 is 1. The maximum absolute atomic E-state index is 5.01. The van der Waals surface area contributed by atoms with Crippen molar-refractivity contribution < 1.29 is 14.2 Å². The summed E-state index contributed by atoms with van der Waals surface area (Å²) in [4.78, 5) is 0. The lowest BCUT2D eigenvalue weighted by Gasteiger charge is -2.37. The van der Waals surface area contributed by atoms with Crippen molar-refractivity contribution in [3.63, 3.8) is 0 Å². The van der Waals surface area contributed by atoms with Gasteiger partial charge < -0.3 is 14.2 Å². The molecule has 3 heteroatoms. The van der Waals surface area contributed by atoms with Crippen molar-refractivity contribution in [1.82, 2.24) is 0 Å². The molecule has 0 N–H and O–H groups in total. The van der Waals surface area contributed by atoms with E-state index >= 15 is 0 Å². The molecule has 2 fully saturated rings. The molecule has 2 aliphatic rings. The Hall–Kier alpha value is -0.120. The fourth-order valence-electron chi connectivity index (χ4n) is 1.39. The molecule has 0 atom stereocenters. The van der Waals surface area contributed by atoms with Crippen LogP contribution in [-0.4, -0.2) is 40.1 Å². The van der Waals surface area contributed by atoms with Crippen molar-refractivity contribution in [1.29, 1.82) is 0 Å². The van der Waals surface area contributed by atoms with Gasteiger partial charge in [0.15, 0.2) is 0 Å². The van der Waals surface area contributed by atoms with Gasteiger partial charge in [-0.05, 0) is 0 Å². The molecular weight excluding hydrogens is 204 g/mol. The highest BCUT2D eigenvalue weighted by Crippen LogP contribution is 2.26. The Bertz CT molecular complexity index is 168. The zero-order chi connectivity index (χ0) is 10.7. The molecule has 0 radical (unpaired) electrons. The Morgan fingerprint density at radius 1 is 0.938 bits per heavy atom. The smallest absolute Gasteiger partial charge is 0.0564 e. The third-order valence-corrected chi connectivity index (χ3v) is 2.38.